The molecule has 0 bridgehead atoms. The van der Waals surface area contributed by atoms with Gasteiger partial charge in [-0.3, -0.25) is 4.79 Å². The van der Waals surface area contributed by atoms with Gasteiger partial charge in [-0.1, -0.05) is 26.2 Å². The second kappa shape index (κ2) is 6.08. The van der Waals surface area contributed by atoms with Gasteiger partial charge in [0.05, 0.1) is 0 Å². The van der Waals surface area contributed by atoms with E-state index in [9.17, 15) is 18.0 Å². The van der Waals surface area contributed by atoms with Gasteiger partial charge in [0, 0.05) is 30.6 Å². The van der Waals surface area contributed by atoms with Gasteiger partial charge in [-0.15, -0.1) is 0 Å². The van der Waals surface area contributed by atoms with Crippen molar-refractivity contribution >= 4 is 5.91 Å². The van der Waals surface area contributed by atoms with Crippen LogP contribution in [0.5, 0.6) is 0 Å². The van der Waals surface area contributed by atoms with Gasteiger partial charge in [0.2, 0.25) is 5.91 Å². The predicted molar refractivity (Wildman–Crippen MR) is 74.0 cm³/mol. The SMILES string of the molecule is CN(Cc1cc(F)cc(F)c1F)C(=O)C1(C)CCCCC1. The molecule has 2 rings (SSSR count). The molecular formula is C16H20F3NO. The molecule has 0 heterocycles. The van der Waals surface area contributed by atoms with Gasteiger partial charge in [-0.2, -0.15) is 0 Å². The Labute approximate surface area is 122 Å². The maximum Gasteiger partial charge on any atom is 0.228 e. The van der Waals surface area contributed by atoms with Crippen molar-refractivity contribution < 1.29 is 18.0 Å². The number of rotatable bonds is 3. The van der Waals surface area contributed by atoms with Gasteiger partial charge in [0.1, 0.15) is 5.82 Å². The summed E-state index contributed by atoms with van der Waals surface area (Å²) in [6.07, 6.45) is 4.72. The van der Waals surface area contributed by atoms with Crippen LogP contribution in [0.2, 0.25) is 0 Å². The van der Waals surface area contributed by atoms with Crippen LogP contribution in [0.3, 0.4) is 0 Å². The third kappa shape index (κ3) is 3.39. The molecule has 5 heteroatoms. The van der Waals surface area contributed by atoms with E-state index < -0.39 is 22.9 Å². The quantitative estimate of drug-likeness (QED) is 0.772. The van der Waals surface area contributed by atoms with Crippen LogP contribution in [0, 0.1) is 22.9 Å². The highest BCUT2D eigenvalue weighted by molar-refractivity contribution is 5.82. The van der Waals surface area contributed by atoms with Crippen LogP contribution in [0.4, 0.5) is 13.2 Å². The molecule has 116 valence electrons. The van der Waals surface area contributed by atoms with Crippen LogP contribution in [0.15, 0.2) is 12.1 Å². The number of hydrogen-bond donors (Lipinski definition) is 0. The fourth-order valence-corrected chi connectivity index (χ4v) is 3.06. The fraction of sp³-hybridized carbons (Fsp3) is 0.562. The summed E-state index contributed by atoms with van der Waals surface area (Å²) in [7, 11) is 1.55. The molecule has 1 aromatic rings. The van der Waals surface area contributed by atoms with Gasteiger partial charge in [-0.05, 0) is 18.9 Å². The lowest BCUT2D eigenvalue weighted by Crippen LogP contribution is -2.41. The monoisotopic (exact) mass is 299 g/mol. The van der Waals surface area contributed by atoms with E-state index in [1.807, 2.05) is 6.92 Å². The second-order valence-electron chi connectivity index (χ2n) is 6.14. The summed E-state index contributed by atoms with van der Waals surface area (Å²) < 4.78 is 40.0. The molecule has 2 nitrogen and oxygen atoms in total. The molecule has 21 heavy (non-hydrogen) atoms. The van der Waals surface area contributed by atoms with E-state index in [0.29, 0.717) is 6.07 Å². The highest BCUT2D eigenvalue weighted by atomic mass is 19.2. The Morgan fingerprint density at radius 2 is 1.81 bits per heavy atom. The number of hydrogen-bond acceptors (Lipinski definition) is 1. The van der Waals surface area contributed by atoms with Crippen LogP contribution in [0.25, 0.3) is 0 Å². The zero-order valence-corrected chi connectivity index (χ0v) is 12.4. The van der Waals surface area contributed by atoms with Crippen molar-refractivity contribution in [2.75, 3.05) is 7.05 Å². The van der Waals surface area contributed by atoms with Crippen molar-refractivity contribution in [3.63, 3.8) is 0 Å². The first kappa shape index (κ1) is 15.9. The van der Waals surface area contributed by atoms with Crippen molar-refractivity contribution in [2.24, 2.45) is 5.41 Å². The molecule has 1 fully saturated rings. The van der Waals surface area contributed by atoms with E-state index in [4.69, 9.17) is 0 Å². The van der Waals surface area contributed by atoms with Gasteiger partial charge in [-0.25, -0.2) is 13.2 Å². The molecule has 0 N–H and O–H groups in total. The van der Waals surface area contributed by atoms with E-state index in [0.717, 1.165) is 38.2 Å². The standard InChI is InChI=1S/C16H20F3NO/c1-16(6-4-3-5-7-16)15(21)20(2)10-11-8-12(17)9-13(18)14(11)19/h8-9H,3-7,10H2,1-2H3. The number of carbonyl (C=O) groups excluding carboxylic acids is 1. The van der Waals surface area contributed by atoms with Crippen LogP contribution < -0.4 is 0 Å². The van der Waals surface area contributed by atoms with Crippen LogP contribution in [-0.2, 0) is 11.3 Å². The molecule has 1 saturated carbocycles. The first-order valence-electron chi connectivity index (χ1n) is 7.22. The molecule has 0 aromatic heterocycles. The van der Waals surface area contributed by atoms with Crippen LogP contribution in [-0.4, -0.2) is 17.9 Å². The lowest BCUT2D eigenvalue weighted by atomic mass is 9.74. The zero-order valence-electron chi connectivity index (χ0n) is 12.4. The molecule has 0 atom stereocenters. The van der Waals surface area contributed by atoms with E-state index in [1.165, 1.54) is 4.90 Å². The summed E-state index contributed by atoms with van der Waals surface area (Å²) >= 11 is 0. The average Bonchev–Trinajstić information content (AvgIpc) is 2.44. The summed E-state index contributed by atoms with van der Waals surface area (Å²) in [6.45, 7) is 1.78. The summed E-state index contributed by atoms with van der Waals surface area (Å²) in [6, 6.07) is 1.44. The average molecular weight is 299 g/mol. The van der Waals surface area contributed by atoms with Crippen LogP contribution in [0.1, 0.15) is 44.6 Å². The molecule has 1 amide bonds. The first-order valence-corrected chi connectivity index (χ1v) is 7.22. The van der Waals surface area contributed by atoms with Crippen molar-refractivity contribution in [1.29, 1.82) is 0 Å². The van der Waals surface area contributed by atoms with Gasteiger partial charge in [0.25, 0.3) is 0 Å². The predicted octanol–water partition coefficient (Wildman–Crippen LogP) is 4.03. The normalized spacial score (nSPS) is 17.6. The van der Waals surface area contributed by atoms with Crippen molar-refractivity contribution in [2.45, 2.75) is 45.6 Å². The molecule has 0 radical (unpaired) electrons. The molecule has 0 saturated heterocycles. The molecule has 1 aliphatic carbocycles. The van der Waals surface area contributed by atoms with E-state index in [-0.39, 0.29) is 18.0 Å². The number of benzene rings is 1. The molecule has 0 spiro atoms. The summed E-state index contributed by atoms with van der Waals surface area (Å²) in [5.41, 5.74) is -0.585. The second-order valence-corrected chi connectivity index (χ2v) is 6.14. The number of nitrogens with zero attached hydrogens (tertiary/aromatic N) is 1. The maximum atomic E-state index is 13.7. The molecule has 1 aliphatic rings. The Morgan fingerprint density at radius 1 is 1.19 bits per heavy atom. The van der Waals surface area contributed by atoms with Crippen molar-refractivity contribution in [3.8, 4) is 0 Å². The Kier molecular flexibility index (Phi) is 4.59. The van der Waals surface area contributed by atoms with E-state index in [2.05, 4.69) is 0 Å². The highest BCUT2D eigenvalue weighted by Gasteiger charge is 2.36. The number of halogens is 3. The van der Waals surface area contributed by atoms with Gasteiger partial charge in [0.15, 0.2) is 11.6 Å². The Hall–Kier alpha value is -1.52. The van der Waals surface area contributed by atoms with Crippen molar-refractivity contribution in [3.05, 3.63) is 35.1 Å². The third-order valence-corrected chi connectivity index (χ3v) is 4.30. The lowest BCUT2D eigenvalue weighted by molar-refractivity contribution is -0.142. The molecule has 0 unspecified atom stereocenters. The Bertz CT molecular complexity index is 539. The van der Waals surface area contributed by atoms with Crippen molar-refractivity contribution in [1.82, 2.24) is 4.90 Å². The summed E-state index contributed by atoms with van der Waals surface area (Å²) in [5, 5.41) is 0. The lowest BCUT2D eigenvalue weighted by Gasteiger charge is -2.35. The van der Waals surface area contributed by atoms with E-state index in [1.54, 1.807) is 7.05 Å². The number of amides is 1. The third-order valence-electron chi connectivity index (χ3n) is 4.30. The molecule has 1 aromatic carbocycles. The molecular weight excluding hydrogens is 279 g/mol. The van der Waals surface area contributed by atoms with Gasteiger partial charge < -0.3 is 4.90 Å². The minimum Gasteiger partial charge on any atom is -0.341 e. The highest BCUT2D eigenvalue weighted by Crippen LogP contribution is 2.37. The fourth-order valence-electron chi connectivity index (χ4n) is 3.06. The Morgan fingerprint density at radius 3 is 2.43 bits per heavy atom. The largest absolute Gasteiger partial charge is 0.341 e. The minimum atomic E-state index is -1.23. The summed E-state index contributed by atoms with van der Waals surface area (Å²) in [5.74, 6) is -3.25. The Balaban J connectivity index is 2.14. The minimum absolute atomic E-state index is 0.0914. The maximum absolute atomic E-state index is 13.7. The molecule has 0 aliphatic heterocycles. The van der Waals surface area contributed by atoms with Crippen LogP contribution >= 0.6 is 0 Å². The number of carbonyl (C=O) groups is 1. The smallest absolute Gasteiger partial charge is 0.228 e. The zero-order chi connectivity index (χ0) is 15.6. The van der Waals surface area contributed by atoms with Gasteiger partial charge >= 0.3 is 0 Å². The topological polar surface area (TPSA) is 20.3 Å². The first-order chi connectivity index (χ1) is 9.83. The summed E-state index contributed by atoms with van der Waals surface area (Å²) in [4.78, 5) is 13.9. The van der Waals surface area contributed by atoms with E-state index >= 15 is 0 Å².